The zero-order valence-electron chi connectivity index (χ0n) is 13.4. The van der Waals surface area contributed by atoms with Gasteiger partial charge in [0.05, 0.1) is 19.0 Å². The number of fused-ring (bicyclic) bond motifs is 1. The molecule has 1 unspecified atom stereocenters. The summed E-state index contributed by atoms with van der Waals surface area (Å²) >= 11 is 0. The molecule has 124 valence electrons. The molecule has 6 heteroatoms. The summed E-state index contributed by atoms with van der Waals surface area (Å²) in [6, 6.07) is 11.2. The Morgan fingerprint density at radius 1 is 1.33 bits per heavy atom. The fourth-order valence-corrected chi connectivity index (χ4v) is 2.75. The Morgan fingerprint density at radius 2 is 2.17 bits per heavy atom. The zero-order valence-corrected chi connectivity index (χ0v) is 13.4. The third-order valence-electron chi connectivity index (χ3n) is 4.06. The lowest BCUT2D eigenvalue weighted by atomic mass is 9.89. The summed E-state index contributed by atoms with van der Waals surface area (Å²) < 4.78 is 4.97. The summed E-state index contributed by atoms with van der Waals surface area (Å²) in [6.45, 7) is 0. The van der Waals surface area contributed by atoms with Crippen molar-refractivity contribution >= 4 is 23.2 Å². The Morgan fingerprint density at radius 3 is 2.92 bits per heavy atom. The monoisotopic (exact) mass is 325 g/mol. The Labute approximate surface area is 140 Å². The minimum absolute atomic E-state index is 0.0207. The number of aromatic nitrogens is 1. The van der Waals surface area contributed by atoms with E-state index in [0.717, 1.165) is 11.3 Å². The Kier molecular flexibility index (Phi) is 4.74. The Balaban J connectivity index is 1.53. The van der Waals surface area contributed by atoms with Crippen LogP contribution < -0.4 is 15.4 Å². The van der Waals surface area contributed by atoms with Crippen LogP contribution in [0.5, 0.6) is 5.88 Å². The number of methoxy groups -OCH3 is 1. The number of ether oxygens (including phenoxy) is 1. The fourth-order valence-electron chi connectivity index (χ4n) is 2.75. The molecule has 1 aliphatic heterocycles. The predicted octanol–water partition coefficient (Wildman–Crippen LogP) is 2.62. The first-order chi connectivity index (χ1) is 11.7. The number of nitrogens with zero attached hydrogens (tertiary/aromatic N) is 1. The molecule has 1 aliphatic rings. The maximum absolute atomic E-state index is 12.1. The summed E-state index contributed by atoms with van der Waals surface area (Å²) in [5, 5.41) is 5.68. The van der Waals surface area contributed by atoms with Crippen LogP contribution in [0.2, 0.25) is 0 Å². The first-order valence-corrected chi connectivity index (χ1v) is 7.84. The molecule has 1 aromatic carbocycles. The average molecular weight is 325 g/mol. The van der Waals surface area contributed by atoms with E-state index in [-0.39, 0.29) is 24.2 Å². The third-order valence-corrected chi connectivity index (χ3v) is 4.06. The second-order valence-electron chi connectivity index (χ2n) is 5.72. The van der Waals surface area contributed by atoms with Gasteiger partial charge in [0.2, 0.25) is 17.7 Å². The molecular formula is C18H19N3O3. The predicted molar refractivity (Wildman–Crippen MR) is 90.9 cm³/mol. The number of anilines is 2. The first kappa shape index (κ1) is 16.0. The highest BCUT2D eigenvalue weighted by atomic mass is 16.5. The Hall–Kier alpha value is -2.89. The number of benzene rings is 1. The van der Waals surface area contributed by atoms with Gasteiger partial charge in [-0.2, -0.15) is 0 Å². The molecule has 0 fully saturated rings. The minimum Gasteiger partial charge on any atom is -0.481 e. The van der Waals surface area contributed by atoms with Crippen molar-refractivity contribution in [3.8, 4) is 5.88 Å². The molecule has 0 aliphatic carbocycles. The van der Waals surface area contributed by atoms with E-state index < -0.39 is 0 Å². The van der Waals surface area contributed by atoms with Crippen molar-refractivity contribution in [1.29, 1.82) is 0 Å². The number of amides is 2. The van der Waals surface area contributed by atoms with E-state index in [2.05, 4.69) is 15.6 Å². The van der Waals surface area contributed by atoms with Crippen LogP contribution in [0.1, 0.15) is 18.4 Å². The van der Waals surface area contributed by atoms with Crippen LogP contribution >= 0.6 is 0 Å². The molecule has 0 bridgehead atoms. The van der Waals surface area contributed by atoms with Gasteiger partial charge in [-0.3, -0.25) is 9.59 Å². The van der Waals surface area contributed by atoms with Crippen molar-refractivity contribution in [1.82, 2.24) is 4.98 Å². The SMILES string of the molecule is COc1ccc(NC(=O)CCC2Cc3ccccc3NC2=O)cn1. The van der Waals surface area contributed by atoms with Crippen molar-refractivity contribution < 1.29 is 14.3 Å². The van der Waals surface area contributed by atoms with Gasteiger partial charge in [-0.1, -0.05) is 18.2 Å². The van der Waals surface area contributed by atoms with Crippen LogP contribution in [0.3, 0.4) is 0 Å². The van der Waals surface area contributed by atoms with Crippen LogP contribution in [0, 0.1) is 5.92 Å². The van der Waals surface area contributed by atoms with Gasteiger partial charge in [0, 0.05) is 24.1 Å². The number of para-hydroxylation sites is 1. The summed E-state index contributed by atoms with van der Waals surface area (Å²) in [7, 11) is 1.54. The first-order valence-electron chi connectivity index (χ1n) is 7.84. The van der Waals surface area contributed by atoms with Crippen molar-refractivity contribution in [2.45, 2.75) is 19.3 Å². The van der Waals surface area contributed by atoms with E-state index in [4.69, 9.17) is 4.74 Å². The number of carbonyl (C=O) groups excluding carboxylic acids is 2. The van der Waals surface area contributed by atoms with Crippen LogP contribution in [-0.2, 0) is 16.0 Å². The lowest BCUT2D eigenvalue weighted by molar-refractivity contribution is -0.121. The molecule has 2 aromatic rings. The molecule has 0 radical (unpaired) electrons. The van der Waals surface area contributed by atoms with Gasteiger partial charge in [-0.05, 0) is 30.5 Å². The van der Waals surface area contributed by atoms with Gasteiger partial charge in [0.1, 0.15) is 0 Å². The van der Waals surface area contributed by atoms with Crippen LogP contribution in [0.25, 0.3) is 0 Å². The normalized spacial score (nSPS) is 16.0. The zero-order chi connectivity index (χ0) is 16.9. The number of hydrogen-bond donors (Lipinski definition) is 2. The molecule has 24 heavy (non-hydrogen) atoms. The second kappa shape index (κ2) is 7.12. The molecule has 3 rings (SSSR count). The number of pyridine rings is 1. The fraction of sp³-hybridized carbons (Fsp3) is 0.278. The highest BCUT2D eigenvalue weighted by Gasteiger charge is 2.26. The third kappa shape index (κ3) is 3.71. The lowest BCUT2D eigenvalue weighted by Gasteiger charge is -2.24. The average Bonchev–Trinajstić information content (AvgIpc) is 2.60. The number of carbonyl (C=O) groups is 2. The summed E-state index contributed by atoms with van der Waals surface area (Å²) in [5.41, 5.74) is 2.59. The molecule has 1 atom stereocenters. The maximum Gasteiger partial charge on any atom is 0.227 e. The summed E-state index contributed by atoms with van der Waals surface area (Å²) in [6.07, 6.45) is 3.00. The molecule has 2 N–H and O–H groups in total. The summed E-state index contributed by atoms with van der Waals surface area (Å²) in [4.78, 5) is 28.2. The molecule has 6 nitrogen and oxygen atoms in total. The van der Waals surface area contributed by atoms with Crippen LogP contribution in [-0.4, -0.2) is 23.9 Å². The number of hydrogen-bond acceptors (Lipinski definition) is 4. The molecular weight excluding hydrogens is 306 g/mol. The van der Waals surface area contributed by atoms with Gasteiger partial charge in [-0.25, -0.2) is 4.98 Å². The largest absolute Gasteiger partial charge is 0.481 e. The van der Waals surface area contributed by atoms with Gasteiger partial charge in [0.25, 0.3) is 0 Å². The molecule has 0 saturated carbocycles. The maximum atomic E-state index is 12.1. The van der Waals surface area contributed by atoms with Gasteiger partial charge >= 0.3 is 0 Å². The molecule has 2 heterocycles. The molecule has 0 saturated heterocycles. The topological polar surface area (TPSA) is 80.3 Å². The standard InChI is InChI=1S/C18H19N3O3/c1-24-17-9-7-14(11-19-17)20-16(22)8-6-13-10-12-4-2-3-5-15(12)21-18(13)23/h2-5,7,9,11,13H,6,8,10H2,1H3,(H,20,22)(H,21,23). The number of nitrogens with one attached hydrogen (secondary N) is 2. The van der Waals surface area contributed by atoms with Gasteiger partial charge in [-0.15, -0.1) is 0 Å². The van der Waals surface area contributed by atoms with E-state index in [1.54, 1.807) is 18.3 Å². The van der Waals surface area contributed by atoms with Crippen molar-refractivity contribution in [3.63, 3.8) is 0 Å². The number of rotatable bonds is 5. The van der Waals surface area contributed by atoms with Crippen LogP contribution in [0.15, 0.2) is 42.6 Å². The highest BCUT2D eigenvalue weighted by Crippen LogP contribution is 2.27. The smallest absolute Gasteiger partial charge is 0.227 e. The van der Waals surface area contributed by atoms with E-state index in [1.165, 1.54) is 7.11 Å². The van der Waals surface area contributed by atoms with Crippen molar-refractivity contribution in [2.75, 3.05) is 17.7 Å². The molecule has 2 amide bonds. The molecule has 1 aromatic heterocycles. The van der Waals surface area contributed by atoms with E-state index >= 15 is 0 Å². The molecule has 0 spiro atoms. The second-order valence-corrected chi connectivity index (χ2v) is 5.72. The summed E-state index contributed by atoms with van der Waals surface area (Å²) in [5.74, 6) is 0.159. The van der Waals surface area contributed by atoms with Crippen LogP contribution in [0.4, 0.5) is 11.4 Å². The highest BCUT2D eigenvalue weighted by molar-refractivity contribution is 5.96. The van der Waals surface area contributed by atoms with Gasteiger partial charge in [0.15, 0.2) is 0 Å². The van der Waals surface area contributed by atoms with E-state index in [1.807, 2.05) is 24.3 Å². The van der Waals surface area contributed by atoms with Crippen molar-refractivity contribution in [2.24, 2.45) is 5.92 Å². The Bertz CT molecular complexity index is 743. The quantitative estimate of drug-likeness (QED) is 0.885. The van der Waals surface area contributed by atoms with Crippen molar-refractivity contribution in [3.05, 3.63) is 48.2 Å². The minimum atomic E-state index is -0.181. The lowest BCUT2D eigenvalue weighted by Crippen LogP contribution is -2.30. The van der Waals surface area contributed by atoms with E-state index in [0.29, 0.717) is 24.4 Å². The van der Waals surface area contributed by atoms with Gasteiger partial charge < -0.3 is 15.4 Å². The van der Waals surface area contributed by atoms with E-state index in [9.17, 15) is 9.59 Å².